The van der Waals surface area contributed by atoms with Crippen molar-refractivity contribution in [3.8, 4) is 0 Å². The van der Waals surface area contributed by atoms with E-state index in [2.05, 4.69) is 62.3 Å². The SMILES string of the molecule is CCC(C)C(C)C(C)C(CC)C(C)C(C)C(C)CC. The summed E-state index contributed by atoms with van der Waals surface area (Å²) in [6, 6.07) is 0. The van der Waals surface area contributed by atoms with Crippen LogP contribution in [0.25, 0.3) is 0 Å². The van der Waals surface area contributed by atoms with E-state index in [9.17, 15) is 0 Å². The molecule has 0 amide bonds. The fourth-order valence-electron chi connectivity index (χ4n) is 3.78. The monoisotopic (exact) mass is 268 g/mol. The van der Waals surface area contributed by atoms with Gasteiger partial charge >= 0.3 is 0 Å². The standard InChI is InChI=1S/C19H40/c1-10-13(4)15(6)17(8)19(12-3)18(9)16(7)14(5)11-2/h13-19H,10-12H2,1-9H3. The highest BCUT2D eigenvalue weighted by atomic mass is 14.4. The summed E-state index contributed by atoms with van der Waals surface area (Å²) in [6.07, 6.45) is 3.97. The van der Waals surface area contributed by atoms with Crippen molar-refractivity contribution in [2.45, 2.75) is 81.6 Å². The third-order valence-electron chi connectivity index (χ3n) is 6.56. The zero-order valence-corrected chi connectivity index (χ0v) is 15.2. The van der Waals surface area contributed by atoms with Crippen molar-refractivity contribution in [1.82, 2.24) is 0 Å². The molecule has 0 heterocycles. The van der Waals surface area contributed by atoms with Gasteiger partial charge in [0.1, 0.15) is 0 Å². The maximum absolute atomic E-state index is 2.50. The summed E-state index contributed by atoms with van der Waals surface area (Å²) in [7, 11) is 0. The molecule has 0 nitrogen and oxygen atoms in total. The van der Waals surface area contributed by atoms with Crippen LogP contribution in [-0.4, -0.2) is 0 Å². The van der Waals surface area contributed by atoms with Gasteiger partial charge in [-0.05, 0) is 41.4 Å². The molecule has 0 aromatic rings. The molecule has 0 spiro atoms. The average Bonchev–Trinajstić information content (AvgIpc) is 2.43. The van der Waals surface area contributed by atoms with Gasteiger partial charge in [-0.25, -0.2) is 0 Å². The maximum Gasteiger partial charge on any atom is -0.0360 e. The quantitative estimate of drug-likeness (QED) is 0.439. The van der Waals surface area contributed by atoms with Gasteiger partial charge in [-0.3, -0.25) is 0 Å². The minimum Gasteiger partial charge on any atom is -0.0651 e. The van der Waals surface area contributed by atoms with Gasteiger partial charge in [-0.15, -0.1) is 0 Å². The van der Waals surface area contributed by atoms with Crippen LogP contribution < -0.4 is 0 Å². The zero-order valence-electron chi connectivity index (χ0n) is 15.2. The number of hydrogen-bond acceptors (Lipinski definition) is 0. The van der Waals surface area contributed by atoms with Crippen LogP contribution in [0.2, 0.25) is 0 Å². The summed E-state index contributed by atoms with van der Waals surface area (Å²) in [6.45, 7) is 21.9. The predicted molar refractivity (Wildman–Crippen MR) is 89.3 cm³/mol. The first-order valence-electron chi connectivity index (χ1n) is 8.81. The Morgan fingerprint density at radius 3 is 1.00 bits per heavy atom. The van der Waals surface area contributed by atoms with Crippen LogP contribution in [0.5, 0.6) is 0 Å². The molecule has 0 rings (SSSR count). The van der Waals surface area contributed by atoms with E-state index in [0.717, 1.165) is 41.4 Å². The third kappa shape index (κ3) is 5.12. The van der Waals surface area contributed by atoms with Gasteiger partial charge < -0.3 is 0 Å². The Morgan fingerprint density at radius 1 is 0.474 bits per heavy atom. The first kappa shape index (κ1) is 19.0. The topological polar surface area (TPSA) is 0 Å². The highest BCUT2D eigenvalue weighted by molar-refractivity contribution is 4.81. The van der Waals surface area contributed by atoms with Gasteiger partial charge in [0.05, 0.1) is 0 Å². The molecule has 0 aliphatic heterocycles. The summed E-state index contributed by atoms with van der Waals surface area (Å²) in [4.78, 5) is 0. The molecule has 0 saturated heterocycles. The summed E-state index contributed by atoms with van der Waals surface area (Å²) >= 11 is 0. The smallest absolute Gasteiger partial charge is 0.0360 e. The molecule has 0 fully saturated rings. The summed E-state index contributed by atoms with van der Waals surface area (Å²) in [5.41, 5.74) is 0. The fourth-order valence-corrected chi connectivity index (χ4v) is 3.78. The molecule has 0 aliphatic carbocycles. The van der Waals surface area contributed by atoms with Gasteiger partial charge in [0.25, 0.3) is 0 Å². The van der Waals surface area contributed by atoms with Crippen LogP contribution in [0.1, 0.15) is 81.6 Å². The van der Waals surface area contributed by atoms with Crippen LogP contribution in [0, 0.1) is 41.4 Å². The Kier molecular flexibility index (Phi) is 9.03. The van der Waals surface area contributed by atoms with Crippen LogP contribution in [0.15, 0.2) is 0 Å². The molecule has 0 bridgehead atoms. The van der Waals surface area contributed by atoms with E-state index in [1.807, 2.05) is 0 Å². The molecular weight excluding hydrogens is 228 g/mol. The van der Waals surface area contributed by atoms with Gasteiger partial charge in [0.2, 0.25) is 0 Å². The fraction of sp³-hybridized carbons (Fsp3) is 1.00. The third-order valence-corrected chi connectivity index (χ3v) is 6.56. The van der Waals surface area contributed by atoms with Crippen LogP contribution in [-0.2, 0) is 0 Å². The lowest BCUT2D eigenvalue weighted by Crippen LogP contribution is -2.32. The van der Waals surface area contributed by atoms with Crippen molar-refractivity contribution >= 4 is 0 Å². The molecule has 0 N–H and O–H groups in total. The van der Waals surface area contributed by atoms with Crippen LogP contribution in [0.3, 0.4) is 0 Å². The molecular formula is C19H40. The van der Waals surface area contributed by atoms with Gasteiger partial charge in [-0.1, -0.05) is 81.6 Å². The molecule has 6 unspecified atom stereocenters. The lowest BCUT2D eigenvalue weighted by atomic mass is 9.66. The summed E-state index contributed by atoms with van der Waals surface area (Å²) in [5, 5.41) is 0. The molecule has 116 valence electrons. The van der Waals surface area contributed by atoms with E-state index in [1.54, 1.807) is 0 Å². The van der Waals surface area contributed by atoms with E-state index >= 15 is 0 Å². The Hall–Kier alpha value is 0. The van der Waals surface area contributed by atoms with Crippen molar-refractivity contribution in [1.29, 1.82) is 0 Å². The highest BCUT2D eigenvalue weighted by Gasteiger charge is 2.32. The van der Waals surface area contributed by atoms with Crippen molar-refractivity contribution in [2.24, 2.45) is 41.4 Å². The Labute approximate surface area is 123 Å². The van der Waals surface area contributed by atoms with Gasteiger partial charge in [0, 0.05) is 0 Å². The normalized spacial score (nSPS) is 23.2. The van der Waals surface area contributed by atoms with E-state index in [4.69, 9.17) is 0 Å². The van der Waals surface area contributed by atoms with Gasteiger partial charge in [-0.2, -0.15) is 0 Å². The molecule has 6 atom stereocenters. The predicted octanol–water partition coefficient (Wildman–Crippen LogP) is 6.65. The lowest BCUT2D eigenvalue weighted by molar-refractivity contribution is 0.100. The lowest BCUT2D eigenvalue weighted by Gasteiger charge is -2.39. The number of hydrogen-bond donors (Lipinski definition) is 0. The van der Waals surface area contributed by atoms with Crippen molar-refractivity contribution < 1.29 is 0 Å². The molecule has 0 heteroatoms. The molecule has 0 aromatic heterocycles. The Bertz CT molecular complexity index is 198. The van der Waals surface area contributed by atoms with E-state index in [-0.39, 0.29) is 0 Å². The van der Waals surface area contributed by atoms with Gasteiger partial charge in [0.15, 0.2) is 0 Å². The van der Waals surface area contributed by atoms with E-state index in [1.165, 1.54) is 19.3 Å². The van der Waals surface area contributed by atoms with Crippen molar-refractivity contribution in [2.75, 3.05) is 0 Å². The highest BCUT2D eigenvalue weighted by Crippen LogP contribution is 2.39. The average molecular weight is 269 g/mol. The second-order valence-corrected chi connectivity index (χ2v) is 7.28. The molecule has 19 heavy (non-hydrogen) atoms. The first-order valence-corrected chi connectivity index (χ1v) is 8.81. The molecule has 0 radical (unpaired) electrons. The molecule has 0 saturated carbocycles. The minimum absolute atomic E-state index is 0.849. The maximum atomic E-state index is 2.50. The van der Waals surface area contributed by atoms with Crippen molar-refractivity contribution in [3.63, 3.8) is 0 Å². The van der Waals surface area contributed by atoms with E-state index < -0.39 is 0 Å². The second-order valence-electron chi connectivity index (χ2n) is 7.28. The summed E-state index contributed by atoms with van der Waals surface area (Å²) in [5.74, 6) is 5.99. The zero-order chi connectivity index (χ0) is 15.2. The second kappa shape index (κ2) is 9.03. The number of rotatable bonds is 9. The minimum atomic E-state index is 0.849. The first-order chi connectivity index (χ1) is 8.81. The summed E-state index contributed by atoms with van der Waals surface area (Å²) < 4.78 is 0. The molecule has 0 aliphatic rings. The van der Waals surface area contributed by atoms with Crippen LogP contribution in [0.4, 0.5) is 0 Å². The van der Waals surface area contributed by atoms with E-state index in [0.29, 0.717) is 0 Å². The Balaban J connectivity index is 4.80. The largest absolute Gasteiger partial charge is 0.0651 e. The van der Waals surface area contributed by atoms with Crippen LogP contribution >= 0.6 is 0 Å². The van der Waals surface area contributed by atoms with Crippen molar-refractivity contribution in [3.05, 3.63) is 0 Å². The Morgan fingerprint density at radius 2 is 0.789 bits per heavy atom. The molecule has 0 aromatic carbocycles.